The average Bonchev–Trinajstić information content (AvgIpc) is 2.71. The van der Waals surface area contributed by atoms with Crippen molar-refractivity contribution in [1.82, 2.24) is 0 Å². The Morgan fingerprint density at radius 1 is 1.00 bits per heavy atom. The van der Waals surface area contributed by atoms with E-state index in [1.165, 1.54) is 55.6 Å². The Bertz CT molecular complexity index is 939. The Balaban J connectivity index is 2.50. The molecule has 0 heterocycles. The summed E-state index contributed by atoms with van der Waals surface area (Å²) in [5.74, 6) is -0.857. The molecule has 150 valence electrons. The zero-order valence-corrected chi connectivity index (χ0v) is 16.6. The highest BCUT2D eigenvalue weighted by molar-refractivity contribution is 7.92. The first-order valence-corrected chi connectivity index (χ1v) is 9.78. The maximum Gasteiger partial charge on any atom is 0.337 e. The standard InChI is InChI=1S/C19H21NO7S/c1-4-27-16-8-10-17(11-9-16)28(23,24)20(13-18(21)25-2)15-7-5-6-14(12-15)19(22)26-3/h5-12H,4,13H2,1-3H3. The number of carbonyl (C=O) groups is 2. The predicted octanol–water partition coefficient (Wildman–Crippen LogP) is 2.24. The molecular formula is C19H21NO7S. The van der Waals surface area contributed by atoms with E-state index < -0.39 is 28.5 Å². The van der Waals surface area contributed by atoms with E-state index in [4.69, 9.17) is 4.74 Å². The molecule has 0 saturated carbocycles. The number of rotatable bonds is 8. The Morgan fingerprint density at radius 2 is 1.68 bits per heavy atom. The van der Waals surface area contributed by atoms with Gasteiger partial charge in [0, 0.05) is 0 Å². The minimum atomic E-state index is -4.12. The SMILES string of the molecule is CCOc1ccc(S(=O)(=O)N(CC(=O)OC)c2cccc(C(=O)OC)c2)cc1. The van der Waals surface area contributed by atoms with Crippen LogP contribution in [0.2, 0.25) is 0 Å². The summed E-state index contributed by atoms with van der Waals surface area (Å²) in [5.41, 5.74) is 0.277. The molecule has 0 unspecified atom stereocenters. The molecule has 0 aliphatic rings. The molecule has 2 aromatic rings. The van der Waals surface area contributed by atoms with Crippen molar-refractivity contribution in [1.29, 1.82) is 0 Å². The van der Waals surface area contributed by atoms with Crippen LogP contribution in [0, 0.1) is 0 Å². The van der Waals surface area contributed by atoms with E-state index in [1.54, 1.807) is 0 Å². The molecule has 0 radical (unpaired) electrons. The first-order chi connectivity index (χ1) is 13.3. The molecule has 8 nitrogen and oxygen atoms in total. The van der Waals surface area contributed by atoms with Crippen molar-refractivity contribution in [2.45, 2.75) is 11.8 Å². The van der Waals surface area contributed by atoms with Crippen LogP contribution in [0.4, 0.5) is 5.69 Å². The second-order valence-electron chi connectivity index (χ2n) is 5.53. The molecule has 0 bridgehead atoms. The number of ether oxygens (including phenoxy) is 3. The molecule has 0 aliphatic heterocycles. The third kappa shape index (κ3) is 4.80. The first-order valence-electron chi connectivity index (χ1n) is 8.34. The molecule has 0 aromatic heterocycles. The van der Waals surface area contributed by atoms with Gasteiger partial charge in [-0.15, -0.1) is 0 Å². The van der Waals surface area contributed by atoms with Crippen LogP contribution >= 0.6 is 0 Å². The van der Waals surface area contributed by atoms with Gasteiger partial charge >= 0.3 is 11.9 Å². The van der Waals surface area contributed by atoms with Gasteiger partial charge in [-0.1, -0.05) is 6.07 Å². The van der Waals surface area contributed by atoms with E-state index in [1.807, 2.05) is 6.92 Å². The fourth-order valence-electron chi connectivity index (χ4n) is 2.40. The van der Waals surface area contributed by atoms with Crippen molar-refractivity contribution in [3.05, 3.63) is 54.1 Å². The van der Waals surface area contributed by atoms with Gasteiger partial charge in [-0.25, -0.2) is 13.2 Å². The van der Waals surface area contributed by atoms with E-state index in [0.29, 0.717) is 12.4 Å². The van der Waals surface area contributed by atoms with Crippen LogP contribution in [0.25, 0.3) is 0 Å². The third-order valence-corrected chi connectivity index (χ3v) is 5.57. The second-order valence-corrected chi connectivity index (χ2v) is 7.40. The number of nitrogens with zero attached hydrogens (tertiary/aromatic N) is 1. The average molecular weight is 407 g/mol. The van der Waals surface area contributed by atoms with Gasteiger partial charge in [0.15, 0.2) is 0 Å². The number of carbonyl (C=O) groups excluding carboxylic acids is 2. The lowest BCUT2D eigenvalue weighted by atomic mass is 10.2. The molecule has 0 amide bonds. The minimum Gasteiger partial charge on any atom is -0.494 e. The summed E-state index contributed by atoms with van der Waals surface area (Å²) in [4.78, 5) is 23.6. The lowest BCUT2D eigenvalue weighted by Crippen LogP contribution is -2.36. The van der Waals surface area contributed by atoms with Crippen LogP contribution < -0.4 is 9.04 Å². The van der Waals surface area contributed by atoms with Gasteiger partial charge in [0.1, 0.15) is 12.3 Å². The number of hydrogen-bond acceptors (Lipinski definition) is 7. The van der Waals surface area contributed by atoms with Crippen molar-refractivity contribution in [3.8, 4) is 5.75 Å². The number of sulfonamides is 1. The zero-order chi connectivity index (χ0) is 20.7. The molecule has 9 heteroatoms. The molecule has 0 aliphatic carbocycles. The largest absolute Gasteiger partial charge is 0.494 e. The van der Waals surface area contributed by atoms with Gasteiger partial charge in [-0.05, 0) is 49.4 Å². The summed E-state index contributed by atoms with van der Waals surface area (Å²) in [6, 6.07) is 11.6. The molecule has 2 rings (SSSR count). The predicted molar refractivity (Wildman–Crippen MR) is 102 cm³/mol. The van der Waals surface area contributed by atoms with E-state index in [9.17, 15) is 18.0 Å². The normalized spacial score (nSPS) is 10.8. The Morgan fingerprint density at radius 3 is 2.25 bits per heavy atom. The van der Waals surface area contributed by atoms with Crippen LogP contribution in [0.15, 0.2) is 53.4 Å². The molecule has 2 aromatic carbocycles. The monoisotopic (exact) mass is 407 g/mol. The number of methoxy groups -OCH3 is 2. The summed E-state index contributed by atoms with van der Waals surface area (Å²) < 4.78 is 41.8. The van der Waals surface area contributed by atoms with Gasteiger partial charge in [0.25, 0.3) is 10.0 Å². The van der Waals surface area contributed by atoms with Crippen molar-refractivity contribution in [3.63, 3.8) is 0 Å². The van der Waals surface area contributed by atoms with E-state index in [-0.39, 0.29) is 16.1 Å². The lowest BCUT2D eigenvalue weighted by molar-refractivity contribution is -0.138. The van der Waals surface area contributed by atoms with Gasteiger partial charge in [-0.2, -0.15) is 0 Å². The summed E-state index contributed by atoms with van der Waals surface area (Å²) >= 11 is 0. The van der Waals surface area contributed by atoms with Crippen molar-refractivity contribution in [2.75, 3.05) is 31.7 Å². The van der Waals surface area contributed by atoms with Gasteiger partial charge < -0.3 is 14.2 Å². The van der Waals surface area contributed by atoms with Crippen LogP contribution in [0.3, 0.4) is 0 Å². The Hall–Kier alpha value is -3.07. The maximum absolute atomic E-state index is 13.2. The molecule has 0 fully saturated rings. The zero-order valence-electron chi connectivity index (χ0n) is 15.7. The molecule has 0 atom stereocenters. The fourth-order valence-corrected chi connectivity index (χ4v) is 3.81. The van der Waals surface area contributed by atoms with Crippen LogP contribution in [0.5, 0.6) is 5.75 Å². The van der Waals surface area contributed by atoms with E-state index in [0.717, 1.165) is 11.4 Å². The van der Waals surface area contributed by atoms with E-state index >= 15 is 0 Å². The minimum absolute atomic E-state index is 0.0386. The summed E-state index contributed by atoms with van der Waals surface area (Å²) in [7, 11) is -1.73. The van der Waals surface area contributed by atoms with Crippen LogP contribution in [0.1, 0.15) is 17.3 Å². The molecular weight excluding hydrogens is 386 g/mol. The Kier molecular flexibility index (Phi) is 7.00. The number of esters is 2. The Labute approximate surface area is 163 Å². The summed E-state index contributed by atoms with van der Waals surface area (Å²) in [6.45, 7) is 1.70. The van der Waals surface area contributed by atoms with Crippen molar-refractivity contribution < 1.29 is 32.2 Å². The van der Waals surface area contributed by atoms with Crippen molar-refractivity contribution in [2.24, 2.45) is 0 Å². The molecule has 0 saturated heterocycles. The molecule has 0 N–H and O–H groups in total. The quantitative estimate of drug-likeness (QED) is 0.619. The molecule has 28 heavy (non-hydrogen) atoms. The number of benzene rings is 2. The van der Waals surface area contributed by atoms with Gasteiger partial charge in [-0.3, -0.25) is 9.10 Å². The highest BCUT2D eigenvalue weighted by atomic mass is 32.2. The topological polar surface area (TPSA) is 99.2 Å². The van der Waals surface area contributed by atoms with Crippen molar-refractivity contribution >= 4 is 27.6 Å². The third-order valence-electron chi connectivity index (χ3n) is 3.78. The van der Waals surface area contributed by atoms with Gasteiger partial charge in [0.2, 0.25) is 0 Å². The van der Waals surface area contributed by atoms with Gasteiger partial charge in [0.05, 0.1) is 37.0 Å². The second kappa shape index (κ2) is 9.23. The molecule has 0 spiro atoms. The number of hydrogen-bond donors (Lipinski definition) is 0. The lowest BCUT2D eigenvalue weighted by Gasteiger charge is -2.24. The summed E-state index contributed by atoms with van der Waals surface area (Å²) in [5, 5.41) is 0. The highest BCUT2D eigenvalue weighted by Gasteiger charge is 2.28. The maximum atomic E-state index is 13.2. The fraction of sp³-hybridized carbons (Fsp3) is 0.263. The summed E-state index contributed by atoms with van der Waals surface area (Å²) in [6.07, 6.45) is 0. The van der Waals surface area contributed by atoms with E-state index in [2.05, 4.69) is 9.47 Å². The van der Waals surface area contributed by atoms with Crippen LogP contribution in [-0.4, -0.2) is 47.7 Å². The smallest absolute Gasteiger partial charge is 0.337 e. The van der Waals surface area contributed by atoms with Crippen LogP contribution in [-0.2, 0) is 24.3 Å². The highest BCUT2D eigenvalue weighted by Crippen LogP contribution is 2.26. The first kappa shape index (κ1) is 21.2. The number of anilines is 1.